The molecule has 3 aromatic carbocycles. The fourth-order valence-corrected chi connectivity index (χ4v) is 4.46. The first-order valence-corrected chi connectivity index (χ1v) is 14.1. The van der Waals surface area contributed by atoms with Crippen LogP contribution in [0.25, 0.3) is 0 Å². The van der Waals surface area contributed by atoms with Gasteiger partial charge in [0.25, 0.3) is 0 Å². The molecule has 0 heterocycles. The summed E-state index contributed by atoms with van der Waals surface area (Å²) in [7, 11) is 2.97. The van der Waals surface area contributed by atoms with Crippen LogP contribution in [0.2, 0.25) is 0 Å². The number of urea groups is 1. The summed E-state index contributed by atoms with van der Waals surface area (Å²) in [6.45, 7) is 3.11. The first-order valence-electron chi connectivity index (χ1n) is 14.1. The lowest BCUT2D eigenvalue weighted by molar-refractivity contribution is -0.120. The molecule has 1 atom stereocenters. The predicted molar refractivity (Wildman–Crippen MR) is 164 cm³/mol. The van der Waals surface area contributed by atoms with E-state index in [1.807, 2.05) is 37.3 Å². The molecule has 1 aliphatic carbocycles. The average molecular weight is 591 g/mol. The van der Waals surface area contributed by atoms with Gasteiger partial charge in [0.2, 0.25) is 0 Å². The second-order valence-electron chi connectivity index (χ2n) is 10.3. The summed E-state index contributed by atoms with van der Waals surface area (Å²) < 4.78 is 16.5. The highest BCUT2D eigenvalue weighted by molar-refractivity contribution is 6.01. The highest BCUT2D eigenvalue weighted by Crippen LogP contribution is 2.29. The molecule has 1 saturated carbocycles. The van der Waals surface area contributed by atoms with Crippen molar-refractivity contribution in [3.05, 3.63) is 77.4 Å². The molecular formula is C32H38N4O7. The van der Waals surface area contributed by atoms with Gasteiger partial charge in [-0.3, -0.25) is 4.79 Å². The topological polar surface area (TPSA) is 147 Å². The molecule has 0 spiro atoms. The number of amides is 2. The zero-order valence-electron chi connectivity index (χ0n) is 24.6. The smallest absolute Gasteiger partial charge is 0.335 e. The SMILES string of the molecule is COc1cc(CC(=O)C(CNCCOc2ccc(C(=O)O)cc2OC)NC2CC2)ccc1NC(=O)Nc1ccccc1C. The number of nitrogens with one attached hydrogen (secondary N) is 4. The standard InChI is InChI=1S/C32H38N4O7/c1-20-6-4-5-7-24(20)35-32(40)36-25-12-8-21(17-29(25)41-2)16-27(37)26(34-23-10-11-23)19-33-14-15-43-28-13-9-22(31(38)39)18-30(28)42-3/h4-9,12-13,17-18,23,26,33-34H,10-11,14-16,19H2,1-3H3,(H,38,39)(H2,35,36,40). The fourth-order valence-electron chi connectivity index (χ4n) is 4.46. The van der Waals surface area contributed by atoms with E-state index < -0.39 is 12.0 Å². The van der Waals surface area contributed by atoms with E-state index in [0.717, 1.165) is 24.0 Å². The van der Waals surface area contributed by atoms with Gasteiger partial charge in [0, 0.05) is 31.2 Å². The number of ether oxygens (including phenoxy) is 3. The van der Waals surface area contributed by atoms with Crippen molar-refractivity contribution < 1.29 is 33.7 Å². The molecule has 4 rings (SSSR count). The van der Waals surface area contributed by atoms with Crippen LogP contribution in [0.15, 0.2) is 60.7 Å². The molecule has 0 radical (unpaired) electrons. The van der Waals surface area contributed by atoms with Crippen molar-refractivity contribution in [1.82, 2.24) is 10.6 Å². The third kappa shape index (κ3) is 9.19. The third-order valence-electron chi connectivity index (χ3n) is 6.98. The van der Waals surface area contributed by atoms with Gasteiger partial charge in [-0.2, -0.15) is 0 Å². The molecule has 11 nitrogen and oxygen atoms in total. The molecule has 0 aromatic heterocycles. The van der Waals surface area contributed by atoms with Gasteiger partial charge in [0.1, 0.15) is 12.4 Å². The number of ketones is 1. The van der Waals surface area contributed by atoms with Crippen molar-refractivity contribution >= 4 is 29.2 Å². The van der Waals surface area contributed by atoms with Gasteiger partial charge in [0.05, 0.1) is 31.5 Å². The Labute approximate surface area is 250 Å². The summed E-state index contributed by atoms with van der Waals surface area (Å²) in [4.78, 5) is 37.1. The molecule has 1 unspecified atom stereocenters. The Kier molecular flexibility index (Phi) is 11.0. The zero-order valence-corrected chi connectivity index (χ0v) is 24.6. The number of rotatable bonds is 16. The number of hydrogen-bond acceptors (Lipinski definition) is 8. The lowest BCUT2D eigenvalue weighted by Gasteiger charge is -2.19. The number of Topliss-reactive ketones (excluding diaryl/α,β-unsaturated/α-hetero) is 1. The molecule has 3 aromatic rings. The number of aromatic carboxylic acids is 1. The van der Waals surface area contributed by atoms with E-state index in [-0.39, 0.29) is 23.8 Å². The van der Waals surface area contributed by atoms with Crippen LogP contribution in [0.1, 0.15) is 34.3 Å². The highest BCUT2D eigenvalue weighted by atomic mass is 16.5. The monoisotopic (exact) mass is 590 g/mol. The summed E-state index contributed by atoms with van der Waals surface area (Å²) in [5.41, 5.74) is 3.04. The molecule has 11 heteroatoms. The molecule has 228 valence electrons. The van der Waals surface area contributed by atoms with E-state index in [9.17, 15) is 14.4 Å². The molecule has 1 fully saturated rings. The number of methoxy groups -OCH3 is 2. The third-order valence-corrected chi connectivity index (χ3v) is 6.98. The number of para-hydroxylation sites is 1. The van der Waals surface area contributed by atoms with E-state index in [0.29, 0.717) is 54.4 Å². The van der Waals surface area contributed by atoms with Crippen LogP contribution in [0.3, 0.4) is 0 Å². The van der Waals surface area contributed by atoms with Gasteiger partial charge in [-0.05, 0) is 67.3 Å². The van der Waals surface area contributed by atoms with E-state index in [1.165, 1.54) is 26.4 Å². The lowest BCUT2D eigenvalue weighted by Crippen LogP contribution is -2.46. The van der Waals surface area contributed by atoms with E-state index in [1.54, 1.807) is 18.2 Å². The van der Waals surface area contributed by atoms with Crippen molar-refractivity contribution in [2.45, 2.75) is 38.3 Å². The average Bonchev–Trinajstić information content (AvgIpc) is 3.82. The van der Waals surface area contributed by atoms with Gasteiger partial charge >= 0.3 is 12.0 Å². The van der Waals surface area contributed by atoms with Crippen molar-refractivity contribution in [2.75, 3.05) is 44.5 Å². The minimum absolute atomic E-state index is 0.0336. The Morgan fingerprint density at radius 2 is 1.65 bits per heavy atom. The van der Waals surface area contributed by atoms with Crippen LogP contribution in [0.5, 0.6) is 17.2 Å². The van der Waals surface area contributed by atoms with Crippen LogP contribution < -0.4 is 35.5 Å². The molecule has 2 amide bonds. The van der Waals surface area contributed by atoms with Crippen LogP contribution >= 0.6 is 0 Å². The maximum atomic E-state index is 13.3. The van der Waals surface area contributed by atoms with E-state index in [4.69, 9.17) is 19.3 Å². The lowest BCUT2D eigenvalue weighted by atomic mass is 10.0. The molecule has 5 N–H and O–H groups in total. The Bertz CT molecular complexity index is 1440. The first-order chi connectivity index (χ1) is 20.8. The number of carbonyl (C=O) groups is 3. The van der Waals surface area contributed by atoms with Gasteiger partial charge in [-0.1, -0.05) is 24.3 Å². The minimum atomic E-state index is -1.04. The Morgan fingerprint density at radius 3 is 2.35 bits per heavy atom. The number of carboxylic acids is 1. The van der Waals surface area contributed by atoms with E-state index >= 15 is 0 Å². The maximum Gasteiger partial charge on any atom is 0.335 e. The van der Waals surface area contributed by atoms with Gasteiger partial charge in [-0.15, -0.1) is 0 Å². The number of hydrogen-bond donors (Lipinski definition) is 5. The predicted octanol–water partition coefficient (Wildman–Crippen LogP) is 4.26. The Morgan fingerprint density at radius 1 is 0.907 bits per heavy atom. The van der Waals surface area contributed by atoms with Crippen LogP contribution in [-0.2, 0) is 11.2 Å². The quantitative estimate of drug-likeness (QED) is 0.154. The van der Waals surface area contributed by atoms with Crippen LogP contribution in [0.4, 0.5) is 16.2 Å². The minimum Gasteiger partial charge on any atom is -0.495 e. The number of benzene rings is 3. The maximum absolute atomic E-state index is 13.3. The molecule has 0 bridgehead atoms. The highest BCUT2D eigenvalue weighted by Gasteiger charge is 2.28. The molecule has 0 saturated heterocycles. The van der Waals surface area contributed by atoms with Crippen molar-refractivity contribution in [2.24, 2.45) is 0 Å². The molecule has 1 aliphatic rings. The fraction of sp³-hybridized carbons (Fsp3) is 0.344. The second-order valence-corrected chi connectivity index (χ2v) is 10.3. The zero-order chi connectivity index (χ0) is 30.8. The largest absolute Gasteiger partial charge is 0.495 e. The van der Waals surface area contributed by atoms with Gasteiger partial charge < -0.3 is 40.6 Å². The Hall–Kier alpha value is -4.61. The number of anilines is 2. The molecule has 43 heavy (non-hydrogen) atoms. The van der Waals surface area contributed by atoms with Crippen molar-refractivity contribution in [3.8, 4) is 17.2 Å². The number of carboxylic acid groups (broad SMARTS) is 1. The van der Waals surface area contributed by atoms with Crippen molar-refractivity contribution in [3.63, 3.8) is 0 Å². The number of carbonyl (C=O) groups excluding carboxylic acids is 2. The Balaban J connectivity index is 1.29. The van der Waals surface area contributed by atoms with Gasteiger partial charge in [-0.25, -0.2) is 9.59 Å². The summed E-state index contributed by atoms with van der Waals surface area (Å²) in [6, 6.07) is 16.8. The molecule has 0 aliphatic heterocycles. The summed E-state index contributed by atoms with van der Waals surface area (Å²) >= 11 is 0. The summed E-state index contributed by atoms with van der Waals surface area (Å²) in [5, 5.41) is 21.5. The number of aryl methyl sites for hydroxylation is 1. The van der Waals surface area contributed by atoms with Gasteiger partial charge in [0.15, 0.2) is 17.3 Å². The molecular weight excluding hydrogens is 552 g/mol. The van der Waals surface area contributed by atoms with Crippen LogP contribution in [-0.4, -0.2) is 68.9 Å². The van der Waals surface area contributed by atoms with E-state index in [2.05, 4.69) is 21.3 Å². The summed E-state index contributed by atoms with van der Waals surface area (Å²) in [6.07, 6.45) is 2.28. The summed E-state index contributed by atoms with van der Waals surface area (Å²) in [5.74, 6) is 0.229. The first kappa shape index (κ1) is 31.3. The second kappa shape index (κ2) is 15.0. The van der Waals surface area contributed by atoms with Crippen molar-refractivity contribution in [1.29, 1.82) is 0 Å². The normalized spacial score (nSPS) is 13.1. The van der Waals surface area contributed by atoms with Crippen LogP contribution in [0, 0.1) is 6.92 Å².